The quantitative estimate of drug-likeness (QED) is 0.803. The van der Waals surface area contributed by atoms with E-state index in [0.717, 1.165) is 16.4 Å². The lowest BCUT2D eigenvalue weighted by Crippen LogP contribution is -2.18. The van der Waals surface area contributed by atoms with Crippen LogP contribution < -0.4 is 10.9 Å². The van der Waals surface area contributed by atoms with Gasteiger partial charge < -0.3 is 14.5 Å². The fraction of sp³-hybridized carbons (Fsp3) is 0.176. The predicted octanol–water partition coefficient (Wildman–Crippen LogP) is 3.11. The van der Waals surface area contributed by atoms with Crippen molar-refractivity contribution in [3.8, 4) is 5.00 Å². The van der Waals surface area contributed by atoms with Gasteiger partial charge in [-0.2, -0.15) is 0 Å². The first-order valence-electron chi connectivity index (χ1n) is 7.18. The highest BCUT2D eigenvalue weighted by Crippen LogP contribution is 2.26. The SMILES string of the molecule is Cc1ccc(C)n1-c1sccc1C(=O)Nc1ccc(=O)n(C)c1. The Balaban J connectivity index is 1.94. The van der Waals surface area contributed by atoms with Gasteiger partial charge in [0.2, 0.25) is 5.56 Å². The van der Waals surface area contributed by atoms with Gasteiger partial charge in [0.05, 0.1) is 11.3 Å². The molecule has 0 radical (unpaired) electrons. The maximum absolute atomic E-state index is 12.6. The van der Waals surface area contributed by atoms with E-state index in [2.05, 4.69) is 9.88 Å². The van der Waals surface area contributed by atoms with Crippen LogP contribution in [0.25, 0.3) is 5.00 Å². The number of aromatic nitrogens is 2. The molecule has 6 heteroatoms. The highest BCUT2D eigenvalue weighted by molar-refractivity contribution is 7.13. The fourth-order valence-corrected chi connectivity index (χ4v) is 3.52. The van der Waals surface area contributed by atoms with E-state index in [1.54, 1.807) is 19.3 Å². The summed E-state index contributed by atoms with van der Waals surface area (Å²) in [5, 5.41) is 5.65. The van der Waals surface area contributed by atoms with Crippen LogP contribution in [0, 0.1) is 13.8 Å². The Morgan fingerprint density at radius 3 is 2.43 bits per heavy atom. The number of hydrogen-bond donors (Lipinski definition) is 1. The Morgan fingerprint density at radius 1 is 1.09 bits per heavy atom. The Morgan fingerprint density at radius 2 is 1.78 bits per heavy atom. The molecule has 0 aliphatic rings. The standard InChI is InChI=1S/C17H17N3O2S/c1-11-4-5-12(2)20(11)17-14(8-9-23-17)16(22)18-13-6-7-15(21)19(3)10-13/h4-10H,1-3H3,(H,18,22). The van der Waals surface area contributed by atoms with Gasteiger partial charge in [-0.25, -0.2) is 0 Å². The van der Waals surface area contributed by atoms with Crippen molar-refractivity contribution in [2.24, 2.45) is 7.05 Å². The average Bonchev–Trinajstić information content (AvgIpc) is 3.09. The number of hydrogen-bond acceptors (Lipinski definition) is 3. The molecular formula is C17H17N3O2S. The molecule has 3 heterocycles. The molecule has 0 fully saturated rings. The molecule has 0 aliphatic heterocycles. The van der Waals surface area contributed by atoms with E-state index in [-0.39, 0.29) is 11.5 Å². The summed E-state index contributed by atoms with van der Waals surface area (Å²) in [4.78, 5) is 24.0. The number of carbonyl (C=O) groups is 1. The first-order valence-corrected chi connectivity index (χ1v) is 8.06. The molecule has 0 saturated heterocycles. The second-order valence-corrected chi connectivity index (χ2v) is 6.31. The number of thiophene rings is 1. The number of pyridine rings is 1. The zero-order valence-corrected chi connectivity index (χ0v) is 14.0. The van der Waals surface area contributed by atoms with Crippen LogP contribution in [0.4, 0.5) is 5.69 Å². The number of nitrogens with zero attached hydrogens (tertiary/aromatic N) is 2. The molecule has 118 valence electrons. The fourth-order valence-electron chi connectivity index (χ4n) is 2.50. The highest BCUT2D eigenvalue weighted by atomic mass is 32.1. The smallest absolute Gasteiger partial charge is 0.258 e. The van der Waals surface area contributed by atoms with Gasteiger partial charge in [0.25, 0.3) is 5.91 Å². The van der Waals surface area contributed by atoms with Gasteiger partial charge in [-0.15, -0.1) is 11.3 Å². The second-order valence-electron chi connectivity index (χ2n) is 5.41. The summed E-state index contributed by atoms with van der Waals surface area (Å²) < 4.78 is 3.50. The van der Waals surface area contributed by atoms with E-state index < -0.39 is 0 Å². The topological polar surface area (TPSA) is 56.0 Å². The van der Waals surface area contributed by atoms with Gasteiger partial charge in [0, 0.05) is 30.7 Å². The van der Waals surface area contributed by atoms with Crippen molar-refractivity contribution in [2.45, 2.75) is 13.8 Å². The van der Waals surface area contributed by atoms with Crippen LogP contribution in [0.3, 0.4) is 0 Å². The van der Waals surface area contributed by atoms with E-state index in [0.29, 0.717) is 11.3 Å². The van der Waals surface area contributed by atoms with Crippen LogP contribution >= 0.6 is 11.3 Å². The van der Waals surface area contributed by atoms with E-state index >= 15 is 0 Å². The Bertz CT molecular complexity index is 914. The van der Waals surface area contributed by atoms with Gasteiger partial charge in [-0.3, -0.25) is 9.59 Å². The summed E-state index contributed by atoms with van der Waals surface area (Å²) in [6.45, 7) is 4.03. The van der Waals surface area contributed by atoms with Crippen molar-refractivity contribution in [1.82, 2.24) is 9.13 Å². The Labute approximate surface area is 137 Å². The summed E-state index contributed by atoms with van der Waals surface area (Å²) in [5.41, 5.74) is 3.27. The van der Waals surface area contributed by atoms with Crippen molar-refractivity contribution in [1.29, 1.82) is 0 Å². The van der Waals surface area contributed by atoms with Crippen LogP contribution in [0.2, 0.25) is 0 Å². The van der Waals surface area contributed by atoms with Crippen molar-refractivity contribution in [2.75, 3.05) is 5.32 Å². The molecule has 0 unspecified atom stereocenters. The van der Waals surface area contributed by atoms with E-state index in [4.69, 9.17) is 0 Å². The monoisotopic (exact) mass is 327 g/mol. The van der Waals surface area contributed by atoms with E-state index in [1.807, 2.05) is 37.4 Å². The first-order chi connectivity index (χ1) is 11.0. The summed E-state index contributed by atoms with van der Waals surface area (Å²) in [6, 6.07) is 8.92. The minimum atomic E-state index is -0.188. The summed E-state index contributed by atoms with van der Waals surface area (Å²) in [7, 11) is 1.65. The molecule has 3 aromatic heterocycles. The molecule has 0 spiro atoms. The lowest BCUT2D eigenvalue weighted by Gasteiger charge is -2.11. The molecule has 3 aromatic rings. The minimum absolute atomic E-state index is 0.113. The number of amides is 1. The molecule has 0 bridgehead atoms. The third-order valence-corrected chi connectivity index (χ3v) is 4.61. The van der Waals surface area contributed by atoms with E-state index in [9.17, 15) is 9.59 Å². The lowest BCUT2D eigenvalue weighted by molar-refractivity contribution is 0.102. The van der Waals surface area contributed by atoms with Crippen LogP contribution in [0.5, 0.6) is 0 Å². The predicted molar refractivity (Wildman–Crippen MR) is 92.8 cm³/mol. The van der Waals surface area contributed by atoms with Crippen LogP contribution in [-0.2, 0) is 7.05 Å². The first kappa shape index (κ1) is 15.3. The molecule has 0 atom stereocenters. The minimum Gasteiger partial charge on any atom is -0.321 e. The van der Waals surface area contributed by atoms with E-state index in [1.165, 1.54) is 22.0 Å². The molecular weight excluding hydrogens is 310 g/mol. The van der Waals surface area contributed by atoms with Crippen molar-refractivity contribution in [3.63, 3.8) is 0 Å². The van der Waals surface area contributed by atoms with Crippen molar-refractivity contribution < 1.29 is 4.79 Å². The molecule has 0 saturated carbocycles. The average molecular weight is 327 g/mol. The van der Waals surface area contributed by atoms with Crippen molar-refractivity contribution in [3.05, 3.63) is 69.2 Å². The number of rotatable bonds is 3. The zero-order chi connectivity index (χ0) is 16.6. The maximum Gasteiger partial charge on any atom is 0.258 e. The van der Waals surface area contributed by atoms with Gasteiger partial charge in [0.15, 0.2) is 0 Å². The maximum atomic E-state index is 12.6. The number of carbonyl (C=O) groups excluding carboxylic acids is 1. The Kier molecular flexibility index (Phi) is 3.92. The summed E-state index contributed by atoms with van der Waals surface area (Å²) in [5.74, 6) is -0.188. The van der Waals surface area contributed by atoms with Gasteiger partial charge in [-0.05, 0) is 43.5 Å². The number of aryl methyl sites for hydroxylation is 3. The molecule has 0 aliphatic carbocycles. The third kappa shape index (κ3) is 2.85. The van der Waals surface area contributed by atoms with Crippen LogP contribution in [0.1, 0.15) is 21.7 Å². The molecule has 1 amide bonds. The molecule has 3 rings (SSSR count). The van der Waals surface area contributed by atoms with Gasteiger partial charge in [0.1, 0.15) is 5.00 Å². The zero-order valence-electron chi connectivity index (χ0n) is 13.2. The van der Waals surface area contributed by atoms with Crippen LogP contribution in [0.15, 0.2) is 46.7 Å². The number of nitrogens with one attached hydrogen (secondary N) is 1. The molecule has 1 N–H and O–H groups in total. The molecule has 0 aromatic carbocycles. The second kappa shape index (κ2) is 5.89. The lowest BCUT2D eigenvalue weighted by atomic mass is 10.2. The summed E-state index contributed by atoms with van der Waals surface area (Å²) in [6.07, 6.45) is 1.61. The van der Waals surface area contributed by atoms with Gasteiger partial charge in [-0.1, -0.05) is 0 Å². The largest absolute Gasteiger partial charge is 0.321 e. The van der Waals surface area contributed by atoms with Crippen LogP contribution in [-0.4, -0.2) is 15.0 Å². The number of anilines is 1. The molecule has 23 heavy (non-hydrogen) atoms. The van der Waals surface area contributed by atoms with Crippen molar-refractivity contribution >= 4 is 22.9 Å². The third-order valence-electron chi connectivity index (χ3n) is 3.71. The molecule has 5 nitrogen and oxygen atoms in total. The van der Waals surface area contributed by atoms with Gasteiger partial charge >= 0.3 is 0 Å². The highest BCUT2D eigenvalue weighted by Gasteiger charge is 2.17. The summed E-state index contributed by atoms with van der Waals surface area (Å²) >= 11 is 1.53. The normalized spacial score (nSPS) is 10.7. The Hall–Kier alpha value is -2.60.